The molecule has 1 atom stereocenters. The minimum atomic E-state index is -0.0506. The Bertz CT molecular complexity index is 531. The molecule has 27 heavy (non-hydrogen) atoms. The molecule has 152 valence electrons. The molecule has 0 bridgehead atoms. The van der Waals surface area contributed by atoms with Crippen LogP contribution in [0.2, 0.25) is 0 Å². The zero-order chi connectivity index (χ0) is 19.2. The van der Waals surface area contributed by atoms with Gasteiger partial charge >= 0.3 is 0 Å². The summed E-state index contributed by atoms with van der Waals surface area (Å²) in [6, 6.07) is 8.43. The number of allylic oxidation sites excluding steroid dienone is 2. The van der Waals surface area contributed by atoms with Crippen molar-refractivity contribution in [2.24, 2.45) is 0 Å². The van der Waals surface area contributed by atoms with Crippen molar-refractivity contribution in [1.29, 1.82) is 0 Å². The summed E-state index contributed by atoms with van der Waals surface area (Å²) in [6.45, 7) is 5.83. The fourth-order valence-electron chi connectivity index (χ4n) is 3.29. The molecule has 1 aromatic carbocycles. The Hall–Kier alpha value is -1.28. The molecule has 0 aliphatic carbocycles. The second kappa shape index (κ2) is 13.0. The van der Waals surface area contributed by atoms with Crippen LogP contribution in [0.3, 0.4) is 0 Å². The van der Waals surface area contributed by atoms with E-state index in [1.54, 1.807) is 0 Å². The van der Waals surface area contributed by atoms with E-state index in [9.17, 15) is 0 Å². The lowest BCUT2D eigenvalue weighted by molar-refractivity contribution is 0.202. The van der Waals surface area contributed by atoms with Gasteiger partial charge in [-0.15, -0.1) is 0 Å². The first-order valence-electron chi connectivity index (χ1n) is 11.2. The molecule has 2 nitrogen and oxygen atoms in total. The van der Waals surface area contributed by atoms with Crippen molar-refractivity contribution in [2.45, 2.75) is 96.5 Å². The Morgan fingerprint density at radius 2 is 1.63 bits per heavy atom. The summed E-state index contributed by atoms with van der Waals surface area (Å²) in [6.07, 6.45) is 20.9. The molecule has 0 amide bonds. The van der Waals surface area contributed by atoms with Crippen molar-refractivity contribution in [3.8, 4) is 5.75 Å². The van der Waals surface area contributed by atoms with Gasteiger partial charge in [-0.3, -0.25) is 0 Å². The average molecular weight is 373 g/mol. The maximum Gasteiger partial charge on any atom is 0.123 e. The van der Waals surface area contributed by atoms with Crippen molar-refractivity contribution in [3.63, 3.8) is 0 Å². The maximum absolute atomic E-state index is 5.84. The summed E-state index contributed by atoms with van der Waals surface area (Å²) < 4.78 is 11.2. The first kappa shape index (κ1) is 22.0. The summed E-state index contributed by atoms with van der Waals surface area (Å²) in [5, 5.41) is 0. The van der Waals surface area contributed by atoms with Crippen molar-refractivity contribution < 1.29 is 9.47 Å². The third-order valence-electron chi connectivity index (χ3n) is 5.32. The van der Waals surface area contributed by atoms with Crippen molar-refractivity contribution in [1.82, 2.24) is 0 Å². The van der Waals surface area contributed by atoms with Crippen molar-refractivity contribution in [2.75, 3.05) is 13.2 Å². The highest BCUT2D eigenvalue weighted by atomic mass is 16.6. The number of hydrogen-bond donors (Lipinski definition) is 0. The molecule has 0 saturated carbocycles. The molecule has 2 rings (SSSR count). The molecule has 1 heterocycles. The van der Waals surface area contributed by atoms with Crippen LogP contribution in [0.25, 0.3) is 0 Å². The van der Waals surface area contributed by atoms with E-state index in [0.717, 1.165) is 18.8 Å². The summed E-state index contributed by atoms with van der Waals surface area (Å²) in [7, 11) is 0. The van der Waals surface area contributed by atoms with Gasteiger partial charge < -0.3 is 9.47 Å². The Morgan fingerprint density at radius 1 is 0.963 bits per heavy atom. The molecular formula is C25H40O2. The maximum atomic E-state index is 5.84. The molecule has 1 saturated heterocycles. The quantitative estimate of drug-likeness (QED) is 0.173. The Balaban J connectivity index is 1.46. The molecule has 1 fully saturated rings. The fraction of sp³-hybridized carbons (Fsp3) is 0.680. The van der Waals surface area contributed by atoms with Crippen molar-refractivity contribution in [3.05, 3.63) is 42.0 Å². The predicted octanol–water partition coefficient (Wildman–Crippen LogP) is 7.26. The third-order valence-corrected chi connectivity index (χ3v) is 5.32. The van der Waals surface area contributed by atoms with Gasteiger partial charge in [-0.05, 0) is 43.9 Å². The van der Waals surface area contributed by atoms with E-state index in [0.29, 0.717) is 6.61 Å². The zero-order valence-corrected chi connectivity index (χ0v) is 17.7. The van der Waals surface area contributed by atoms with E-state index in [1.807, 2.05) is 6.07 Å². The van der Waals surface area contributed by atoms with Crippen LogP contribution >= 0.6 is 0 Å². The van der Waals surface area contributed by atoms with Gasteiger partial charge in [-0.1, -0.05) is 89.0 Å². The van der Waals surface area contributed by atoms with Gasteiger partial charge in [0, 0.05) is 0 Å². The van der Waals surface area contributed by atoms with Crippen molar-refractivity contribution >= 4 is 0 Å². The Morgan fingerprint density at radius 3 is 2.30 bits per heavy atom. The summed E-state index contributed by atoms with van der Waals surface area (Å²) in [4.78, 5) is 0. The highest BCUT2D eigenvalue weighted by Gasteiger charge is 2.40. The van der Waals surface area contributed by atoms with Gasteiger partial charge in [0.1, 0.15) is 18.0 Å². The smallest absolute Gasteiger partial charge is 0.123 e. The minimum absolute atomic E-state index is 0.0506. The normalized spacial score (nSPS) is 18.9. The number of rotatable bonds is 16. The van der Waals surface area contributed by atoms with E-state index in [4.69, 9.17) is 9.47 Å². The van der Waals surface area contributed by atoms with Gasteiger partial charge in [0.25, 0.3) is 0 Å². The number of epoxide rings is 1. The second-order valence-electron chi connectivity index (χ2n) is 8.32. The van der Waals surface area contributed by atoms with E-state index < -0.39 is 0 Å². The molecule has 1 aliphatic heterocycles. The second-order valence-corrected chi connectivity index (χ2v) is 8.32. The molecule has 0 aromatic heterocycles. The lowest BCUT2D eigenvalue weighted by Gasteiger charge is -2.09. The van der Waals surface area contributed by atoms with Gasteiger partial charge in [0.2, 0.25) is 0 Å². The van der Waals surface area contributed by atoms with Crippen LogP contribution in [0.1, 0.15) is 90.0 Å². The molecule has 1 aliphatic rings. The Kier molecular flexibility index (Phi) is 10.6. The van der Waals surface area contributed by atoms with Crippen LogP contribution in [0, 0.1) is 0 Å². The zero-order valence-electron chi connectivity index (χ0n) is 17.7. The average Bonchev–Trinajstić information content (AvgIpc) is 3.42. The van der Waals surface area contributed by atoms with Gasteiger partial charge in [0.15, 0.2) is 0 Å². The van der Waals surface area contributed by atoms with Gasteiger partial charge in [0.05, 0.1) is 6.61 Å². The van der Waals surface area contributed by atoms with Gasteiger partial charge in [-0.2, -0.15) is 0 Å². The van der Waals surface area contributed by atoms with E-state index >= 15 is 0 Å². The number of unbranched alkanes of at least 4 members (excludes halogenated alkanes) is 10. The van der Waals surface area contributed by atoms with Gasteiger partial charge in [-0.25, -0.2) is 0 Å². The van der Waals surface area contributed by atoms with Crippen LogP contribution in [-0.2, 0) is 11.2 Å². The standard InChI is InChI=1S/C25H40O2/c1-3-4-5-6-7-8-9-10-11-12-13-14-15-17-23-18-16-19-24(20-23)26-21-25(2)22-27-25/h14-16,18-20H,3-13,17,21-22H2,1-2H3/b15-14+. The van der Waals surface area contributed by atoms with Crippen LogP contribution < -0.4 is 4.74 Å². The molecule has 1 aromatic rings. The van der Waals surface area contributed by atoms with E-state index in [-0.39, 0.29) is 5.60 Å². The van der Waals surface area contributed by atoms with Crippen LogP contribution in [0.15, 0.2) is 36.4 Å². The summed E-state index contributed by atoms with van der Waals surface area (Å²) >= 11 is 0. The highest BCUT2D eigenvalue weighted by molar-refractivity contribution is 5.30. The number of hydrogen-bond acceptors (Lipinski definition) is 2. The monoisotopic (exact) mass is 372 g/mol. The topological polar surface area (TPSA) is 21.8 Å². The van der Waals surface area contributed by atoms with Crippen LogP contribution in [0.5, 0.6) is 5.75 Å². The lowest BCUT2D eigenvalue weighted by Crippen LogP contribution is -2.16. The third kappa shape index (κ3) is 10.6. The fourth-order valence-corrected chi connectivity index (χ4v) is 3.29. The first-order chi connectivity index (χ1) is 13.2. The predicted molar refractivity (Wildman–Crippen MR) is 116 cm³/mol. The molecule has 0 radical (unpaired) electrons. The molecule has 0 N–H and O–H groups in total. The SMILES string of the molecule is CCCCCCCCCCCC/C=C/Cc1cccc(OCC2(C)CO2)c1. The van der Waals surface area contributed by atoms with Crippen LogP contribution in [0.4, 0.5) is 0 Å². The largest absolute Gasteiger partial charge is 0.490 e. The molecular weight excluding hydrogens is 332 g/mol. The first-order valence-corrected chi connectivity index (χ1v) is 11.2. The van der Waals surface area contributed by atoms with E-state index in [1.165, 1.54) is 76.2 Å². The van der Waals surface area contributed by atoms with E-state index in [2.05, 4.69) is 44.2 Å². The summed E-state index contributed by atoms with van der Waals surface area (Å²) in [5.74, 6) is 0.951. The molecule has 2 heteroatoms. The lowest BCUT2D eigenvalue weighted by atomic mass is 10.1. The van der Waals surface area contributed by atoms with Crippen LogP contribution in [-0.4, -0.2) is 18.8 Å². The number of benzene rings is 1. The summed E-state index contributed by atoms with van der Waals surface area (Å²) in [5.41, 5.74) is 1.26. The minimum Gasteiger partial charge on any atom is -0.490 e. The molecule has 0 spiro atoms. The number of ether oxygens (including phenoxy) is 2. The highest BCUT2D eigenvalue weighted by Crippen LogP contribution is 2.27. The molecule has 1 unspecified atom stereocenters. The Labute approximate surface area is 167 Å².